The van der Waals surface area contributed by atoms with Crippen molar-refractivity contribution in [2.45, 2.75) is 11.4 Å². The summed E-state index contributed by atoms with van der Waals surface area (Å²) in [6, 6.07) is 13.2. The van der Waals surface area contributed by atoms with Crippen molar-refractivity contribution < 1.29 is 13.2 Å². The number of anilines is 1. The van der Waals surface area contributed by atoms with E-state index < -0.39 is 10.0 Å². The van der Waals surface area contributed by atoms with Crippen LogP contribution in [0.5, 0.6) is 5.75 Å². The molecule has 0 amide bonds. The number of ether oxygens (including phenoxy) is 1. The Morgan fingerprint density at radius 3 is 2.35 bits per heavy atom. The predicted octanol–water partition coefficient (Wildman–Crippen LogP) is 1.95. The predicted molar refractivity (Wildman–Crippen MR) is 78.1 cm³/mol. The summed E-state index contributed by atoms with van der Waals surface area (Å²) in [5.74, 6) is 0.603. The highest BCUT2D eigenvalue weighted by Crippen LogP contribution is 2.21. The molecule has 0 atom stereocenters. The first kappa shape index (κ1) is 14.4. The van der Waals surface area contributed by atoms with Crippen LogP contribution in [0.4, 0.5) is 5.69 Å². The maximum atomic E-state index is 12.3. The molecular weight excluding hydrogens is 276 g/mol. The van der Waals surface area contributed by atoms with E-state index >= 15 is 0 Å². The van der Waals surface area contributed by atoms with E-state index in [2.05, 4.69) is 4.72 Å². The lowest BCUT2D eigenvalue weighted by Gasteiger charge is -2.11. The Balaban J connectivity index is 2.30. The molecule has 0 radical (unpaired) electrons. The number of para-hydroxylation sites is 1. The lowest BCUT2D eigenvalue weighted by Crippen LogP contribution is -2.15. The second kappa shape index (κ2) is 5.94. The first-order valence-corrected chi connectivity index (χ1v) is 7.50. The maximum Gasteiger partial charge on any atom is 0.261 e. The van der Waals surface area contributed by atoms with Gasteiger partial charge in [-0.05, 0) is 35.9 Å². The first-order chi connectivity index (χ1) is 9.56. The third-order valence-corrected chi connectivity index (χ3v) is 4.23. The number of hydrogen-bond donors (Lipinski definition) is 2. The molecule has 2 aromatic carbocycles. The van der Waals surface area contributed by atoms with Crippen molar-refractivity contribution in [3.63, 3.8) is 0 Å². The van der Waals surface area contributed by atoms with Gasteiger partial charge >= 0.3 is 0 Å². The summed E-state index contributed by atoms with van der Waals surface area (Å²) in [5.41, 5.74) is 6.83. The molecule has 2 rings (SSSR count). The normalized spacial score (nSPS) is 11.1. The van der Waals surface area contributed by atoms with E-state index in [9.17, 15) is 8.42 Å². The monoisotopic (exact) mass is 292 g/mol. The zero-order valence-corrected chi connectivity index (χ0v) is 11.9. The van der Waals surface area contributed by atoms with E-state index in [4.69, 9.17) is 10.5 Å². The minimum Gasteiger partial charge on any atom is -0.497 e. The highest BCUT2D eigenvalue weighted by molar-refractivity contribution is 7.92. The van der Waals surface area contributed by atoms with Gasteiger partial charge < -0.3 is 10.5 Å². The summed E-state index contributed by atoms with van der Waals surface area (Å²) in [7, 11) is -2.10. The maximum absolute atomic E-state index is 12.3. The quantitative estimate of drug-likeness (QED) is 0.882. The van der Waals surface area contributed by atoms with Gasteiger partial charge in [-0.3, -0.25) is 4.72 Å². The number of sulfonamides is 1. The van der Waals surface area contributed by atoms with Gasteiger partial charge in [0.15, 0.2) is 0 Å². The topological polar surface area (TPSA) is 81.4 Å². The Morgan fingerprint density at radius 2 is 1.75 bits per heavy atom. The fourth-order valence-electron chi connectivity index (χ4n) is 1.76. The molecule has 6 heteroatoms. The van der Waals surface area contributed by atoms with Crippen molar-refractivity contribution >= 4 is 15.7 Å². The van der Waals surface area contributed by atoms with Crippen molar-refractivity contribution in [3.05, 3.63) is 54.1 Å². The first-order valence-electron chi connectivity index (χ1n) is 6.01. The minimum absolute atomic E-state index is 0.171. The van der Waals surface area contributed by atoms with Gasteiger partial charge in [0.2, 0.25) is 0 Å². The highest BCUT2D eigenvalue weighted by Gasteiger charge is 2.15. The van der Waals surface area contributed by atoms with Gasteiger partial charge in [-0.15, -0.1) is 0 Å². The van der Waals surface area contributed by atoms with Gasteiger partial charge in [0, 0.05) is 6.54 Å². The van der Waals surface area contributed by atoms with E-state index in [1.54, 1.807) is 30.3 Å². The largest absolute Gasteiger partial charge is 0.497 e. The molecule has 0 heterocycles. The summed E-state index contributed by atoms with van der Waals surface area (Å²) >= 11 is 0. The number of nitrogens with one attached hydrogen (secondary N) is 1. The van der Waals surface area contributed by atoms with Crippen LogP contribution in [0.1, 0.15) is 5.56 Å². The molecule has 0 saturated carbocycles. The van der Waals surface area contributed by atoms with Crippen LogP contribution in [0.25, 0.3) is 0 Å². The van der Waals surface area contributed by atoms with Gasteiger partial charge in [0.05, 0.1) is 17.7 Å². The molecule has 3 N–H and O–H groups in total. The second-order valence-corrected chi connectivity index (χ2v) is 5.82. The Kier molecular flexibility index (Phi) is 4.26. The molecule has 0 aliphatic heterocycles. The summed E-state index contributed by atoms with van der Waals surface area (Å²) in [4.78, 5) is 0.171. The summed E-state index contributed by atoms with van der Waals surface area (Å²) < 4.78 is 32.1. The molecule has 0 aliphatic carbocycles. The van der Waals surface area contributed by atoms with Gasteiger partial charge in [-0.25, -0.2) is 8.42 Å². The number of nitrogens with two attached hydrogens (primary N) is 1. The van der Waals surface area contributed by atoms with Crippen LogP contribution in [-0.2, 0) is 16.6 Å². The van der Waals surface area contributed by atoms with E-state index in [0.29, 0.717) is 11.4 Å². The number of benzene rings is 2. The molecular formula is C14H16N2O3S. The molecule has 0 fully saturated rings. The fraction of sp³-hybridized carbons (Fsp3) is 0.143. The highest BCUT2D eigenvalue weighted by atomic mass is 32.2. The SMILES string of the molecule is COc1ccc(S(=O)(=O)Nc2ccccc2CN)cc1. The van der Waals surface area contributed by atoms with Crippen LogP contribution in [0.2, 0.25) is 0 Å². The van der Waals surface area contributed by atoms with Crippen molar-refractivity contribution in [3.8, 4) is 5.75 Å². The number of hydrogen-bond acceptors (Lipinski definition) is 4. The Hall–Kier alpha value is -2.05. The van der Waals surface area contributed by atoms with Crippen LogP contribution >= 0.6 is 0 Å². The van der Waals surface area contributed by atoms with Crippen LogP contribution in [-0.4, -0.2) is 15.5 Å². The lowest BCUT2D eigenvalue weighted by atomic mass is 10.2. The lowest BCUT2D eigenvalue weighted by molar-refractivity contribution is 0.414. The van der Waals surface area contributed by atoms with Crippen molar-refractivity contribution in [2.75, 3.05) is 11.8 Å². The molecule has 5 nitrogen and oxygen atoms in total. The molecule has 20 heavy (non-hydrogen) atoms. The molecule has 0 spiro atoms. The van der Waals surface area contributed by atoms with Crippen LogP contribution in [0.3, 0.4) is 0 Å². The average molecular weight is 292 g/mol. The molecule has 0 saturated heterocycles. The number of methoxy groups -OCH3 is 1. The fourth-order valence-corrected chi connectivity index (χ4v) is 2.86. The van der Waals surface area contributed by atoms with E-state index in [0.717, 1.165) is 5.56 Å². The molecule has 106 valence electrons. The Bertz CT molecular complexity index is 682. The van der Waals surface area contributed by atoms with Crippen molar-refractivity contribution in [1.82, 2.24) is 0 Å². The zero-order chi connectivity index (χ0) is 14.6. The number of rotatable bonds is 5. The standard InChI is InChI=1S/C14H16N2O3S/c1-19-12-6-8-13(9-7-12)20(17,18)16-14-5-3-2-4-11(14)10-15/h2-9,16H,10,15H2,1H3. The van der Waals surface area contributed by atoms with E-state index in [1.807, 2.05) is 6.07 Å². The Labute approximate surface area is 118 Å². The summed E-state index contributed by atoms with van der Waals surface area (Å²) in [5, 5.41) is 0. The third-order valence-electron chi connectivity index (χ3n) is 2.85. The molecule has 0 aromatic heterocycles. The molecule has 2 aromatic rings. The van der Waals surface area contributed by atoms with Crippen LogP contribution in [0.15, 0.2) is 53.4 Å². The molecule has 0 aliphatic rings. The minimum atomic E-state index is -3.63. The zero-order valence-electron chi connectivity index (χ0n) is 11.0. The molecule has 0 unspecified atom stereocenters. The van der Waals surface area contributed by atoms with E-state index in [-0.39, 0.29) is 11.4 Å². The van der Waals surface area contributed by atoms with Gasteiger partial charge in [-0.1, -0.05) is 18.2 Å². The Morgan fingerprint density at radius 1 is 1.10 bits per heavy atom. The van der Waals surface area contributed by atoms with Crippen LogP contribution < -0.4 is 15.2 Å². The average Bonchev–Trinajstić information content (AvgIpc) is 2.47. The van der Waals surface area contributed by atoms with Gasteiger partial charge in [0.25, 0.3) is 10.0 Å². The second-order valence-electron chi connectivity index (χ2n) is 4.14. The van der Waals surface area contributed by atoms with Crippen LogP contribution in [0, 0.1) is 0 Å². The van der Waals surface area contributed by atoms with Crippen molar-refractivity contribution in [2.24, 2.45) is 5.73 Å². The van der Waals surface area contributed by atoms with Gasteiger partial charge in [0.1, 0.15) is 5.75 Å². The third kappa shape index (κ3) is 3.09. The van der Waals surface area contributed by atoms with Gasteiger partial charge in [-0.2, -0.15) is 0 Å². The summed E-state index contributed by atoms with van der Waals surface area (Å²) in [6.07, 6.45) is 0. The molecule has 0 bridgehead atoms. The smallest absolute Gasteiger partial charge is 0.261 e. The summed E-state index contributed by atoms with van der Waals surface area (Å²) in [6.45, 7) is 0.265. The van der Waals surface area contributed by atoms with Crippen molar-refractivity contribution in [1.29, 1.82) is 0 Å². The van der Waals surface area contributed by atoms with E-state index in [1.165, 1.54) is 19.2 Å².